The highest BCUT2D eigenvalue weighted by atomic mass is 32.2. The van der Waals surface area contributed by atoms with E-state index in [0.29, 0.717) is 18.7 Å². The molecule has 0 spiro atoms. The van der Waals surface area contributed by atoms with Crippen LogP contribution >= 0.6 is 0 Å². The first kappa shape index (κ1) is 15.5. The largest absolute Gasteiger partial charge is 0.481 e. The molecule has 0 aliphatic heterocycles. The third kappa shape index (κ3) is 6.21. The van der Waals surface area contributed by atoms with E-state index in [0.717, 1.165) is 12.0 Å². The van der Waals surface area contributed by atoms with Crippen molar-refractivity contribution in [3.8, 4) is 0 Å². The average molecular weight is 286 g/mol. The summed E-state index contributed by atoms with van der Waals surface area (Å²) in [4.78, 5) is 10.4. The van der Waals surface area contributed by atoms with Crippen LogP contribution in [0.4, 0.5) is 5.69 Å². The molecule has 0 fully saturated rings. The summed E-state index contributed by atoms with van der Waals surface area (Å²) in [6.45, 7) is 2.26. The van der Waals surface area contributed by atoms with Gasteiger partial charge >= 0.3 is 5.97 Å². The van der Waals surface area contributed by atoms with Crippen molar-refractivity contribution in [3.63, 3.8) is 0 Å². The molecule has 0 aliphatic rings. The highest BCUT2D eigenvalue weighted by Crippen LogP contribution is 2.12. The summed E-state index contributed by atoms with van der Waals surface area (Å²) in [7, 11) is -3.53. The minimum atomic E-state index is -3.53. The molecule has 106 valence electrons. The maximum absolute atomic E-state index is 11.6. The first-order valence-corrected chi connectivity index (χ1v) is 7.49. The van der Waals surface area contributed by atoms with Crippen LogP contribution in [0.3, 0.4) is 0 Å². The van der Waals surface area contributed by atoms with Crippen molar-refractivity contribution in [2.45, 2.75) is 26.2 Å². The van der Waals surface area contributed by atoms with E-state index in [-0.39, 0.29) is 6.42 Å². The molecular formula is C12H18N2O4S. The molecule has 0 aliphatic carbocycles. The second-order valence-corrected chi connectivity index (χ2v) is 5.59. The molecule has 1 rings (SSSR count). The van der Waals surface area contributed by atoms with E-state index in [1.165, 1.54) is 0 Å². The summed E-state index contributed by atoms with van der Waals surface area (Å²) in [5.41, 5.74) is 1.30. The van der Waals surface area contributed by atoms with Crippen molar-refractivity contribution < 1.29 is 18.3 Å². The smallest absolute Gasteiger partial charge is 0.303 e. The third-order valence-electron chi connectivity index (χ3n) is 2.38. The SMILES string of the molecule is CCCNS(=O)(=O)Nc1ccc(CCC(=O)O)cc1. The monoisotopic (exact) mass is 286 g/mol. The number of nitrogens with one attached hydrogen (secondary N) is 2. The fourth-order valence-electron chi connectivity index (χ4n) is 1.42. The molecule has 0 saturated heterocycles. The number of carboxylic acids is 1. The Kier molecular flexibility index (Phi) is 5.78. The van der Waals surface area contributed by atoms with Gasteiger partial charge in [-0.2, -0.15) is 13.1 Å². The fourth-order valence-corrected chi connectivity index (χ4v) is 2.41. The van der Waals surface area contributed by atoms with Gasteiger partial charge in [0.25, 0.3) is 10.2 Å². The van der Waals surface area contributed by atoms with Crippen molar-refractivity contribution >= 4 is 21.9 Å². The van der Waals surface area contributed by atoms with Gasteiger partial charge in [-0.05, 0) is 30.5 Å². The maximum atomic E-state index is 11.6. The Bertz CT molecular complexity index is 511. The normalized spacial score (nSPS) is 11.2. The quantitative estimate of drug-likeness (QED) is 0.672. The van der Waals surface area contributed by atoms with E-state index in [9.17, 15) is 13.2 Å². The van der Waals surface area contributed by atoms with E-state index < -0.39 is 16.2 Å². The van der Waals surface area contributed by atoms with Crippen molar-refractivity contribution in [2.75, 3.05) is 11.3 Å². The first-order valence-electron chi connectivity index (χ1n) is 6.01. The zero-order valence-corrected chi connectivity index (χ0v) is 11.5. The number of aliphatic carboxylic acids is 1. The topological polar surface area (TPSA) is 95.5 Å². The van der Waals surface area contributed by atoms with Gasteiger partial charge in [0.15, 0.2) is 0 Å². The summed E-state index contributed by atoms with van der Waals surface area (Å²) in [6, 6.07) is 6.64. The van der Waals surface area contributed by atoms with Crippen molar-refractivity contribution in [1.29, 1.82) is 0 Å². The third-order valence-corrected chi connectivity index (χ3v) is 3.46. The number of hydrogen-bond acceptors (Lipinski definition) is 3. The van der Waals surface area contributed by atoms with Crippen LogP contribution in [-0.4, -0.2) is 26.0 Å². The van der Waals surface area contributed by atoms with Crippen molar-refractivity contribution in [1.82, 2.24) is 4.72 Å². The molecule has 0 bridgehead atoms. The number of anilines is 1. The van der Waals surface area contributed by atoms with Gasteiger partial charge in [0.05, 0.1) is 0 Å². The Morgan fingerprint density at radius 2 is 1.89 bits per heavy atom. The number of aryl methyl sites for hydroxylation is 1. The Morgan fingerprint density at radius 1 is 1.26 bits per heavy atom. The van der Waals surface area contributed by atoms with E-state index in [1.54, 1.807) is 24.3 Å². The highest BCUT2D eigenvalue weighted by molar-refractivity contribution is 7.90. The molecule has 0 unspecified atom stereocenters. The lowest BCUT2D eigenvalue weighted by Gasteiger charge is -2.09. The molecule has 0 amide bonds. The van der Waals surface area contributed by atoms with Crippen LogP contribution in [0.5, 0.6) is 0 Å². The minimum Gasteiger partial charge on any atom is -0.481 e. The van der Waals surface area contributed by atoms with Gasteiger partial charge in [0, 0.05) is 18.7 Å². The Labute approximate surface area is 113 Å². The second kappa shape index (κ2) is 7.10. The molecule has 0 radical (unpaired) electrons. The van der Waals surface area contributed by atoms with Crippen LogP contribution in [0.25, 0.3) is 0 Å². The summed E-state index contributed by atoms with van der Waals surface area (Å²) < 4.78 is 27.9. The second-order valence-electron chi connectivity index (χ2n) is 4.09. The molecule has 1 aromatic rings. The summed E-state index contributed by atoms with van der Waals surface area (Å²) >= 11 is 0. The number of carboxylic acid groups (broad SMARTS) is 1. The molecule has 3 N–H and O–H groups in total. The number of rotatable bonds is 8. The molecule has 0 aromatic heterocycles. The summed E-state index contributed by atoms with van der Waals surface area (Å²) in [5, 5.41) is 8.56. The zero-order chi connectivity index (χ0) is 14.3. The summed E-state index contributed by atoms with van der Waals surface area (Å²) in [6.07, 6.45) is 1.20. The number of benzene rings is 1. The van der Waals surface area contributed by atoms with E-state index in [2.05, 4.69) is 9.44 Å². The highest BCUT2D eigenvalue weighted by Gasteiger charge is 2.08. The van der Waals surface area contributed by atoms with Gasteiger partial charge < -0.3 is 5.11 Å². The first-order chi connectivity index (χ1) is 8.93. The standard InChI is InChI=1S/C12H18N2O4S/c1-2-9-13-19(17,18)14-11-6-3-10(4-7-11)5-8-12(15)16/h3-4,6-7,13-14H,2,5,8-9H2,1H3,(H,15,16). The van der Waals surface area contributed by atoms with Crippen LogP contribution in [0, 0.1) is 0 Å². The maximum Gasteiger partial charge on any atom is 0.303 e. The number of hydrogen-bond donors (Lipinski definition) is 3. The molecule has 0 heterocycles. The van der Waals surface area contributed by atoms with E-state index >= 15 is 0 Å². The zero-order valence-electron chi connectivity index (χ0n) is 10.7. The molecule has 6 nitrogen and oxygen atoms in total. The van der Waals surface area contributed by atoms with Crippen LogP contribution in [0.15, 0.2) is 24.3 Å². The molecule has 7 heteroatoms. The molecule has 19 heavy (non-hydrogen) atoms. The lowest BCUT2D eigenvalue weighted by Crippen LogP contribution is -2.30. The fraction of sp³-hybridized carbons (Fsp3) is 0.417. The Hall–Kier alpha value is -1.60. The molecule has 1 aromatic carbocycles. The van der Waals surface area contributed by atoms with E-state index in [1.807, 2.05) is 6.92 Å². The van der Waals surface area contributed by atoms with Gasteiger partial charge in [-0.15, -0.1) is 0 Å². The van der Waals surface area contributed by atoms with Crippen LogP contribution in [-0.2, 0) is 21.4 Å². The minimum absolute atomic E-state index is 0.0587. The predicted octanol–water partition coefficient (Wildman–Crippen LogP) is 1.36. The molecule has 0 saturated carbocycles. The Balaban J connectivity index is 2.59. The van der Waals surface area contributed by atoms with Crippen molar-refractivity contribution in [3.05, 3.63) is 29.8 Å². The molecular weight excluding hydrogens is 268 g/mol. The number of carbonyl (C=O) groups is 1. The lowest BCUT2D eigenvalue weighted by atomic mass is 10.1. The van der Waals surface area contributed by atoms with Gasteiger partial charge in [-0.25, -0.2) is 0 Å². The van der Waals surface area contributed by atoms with Crippen LogP contribution in [0.2, 0.25) is 0 Å². The van der Waals surface area contributed by atoms with Crippen LogP contribution < -0.4 is 9.44 Å². The van der Waals surface area contributed by atoms with Gasteiger partial charge in [-0.1, -0.05) is 19.1 Å². The van der Waals surface area contributed by atoms with E-state index in [4.69, 9.17) is 5.11 Å². The predicted molar refractivity (Wildman–Crippen MR) is 73.2 cm³/mol. The molecule has 0 atom stereocenters. The van der Waals surface area contributed by atoms with Crippen LogP contribution in [0.1, 0.15) is 25.3 Å². The van der Waals surface area contributed by atoms with Gasteiger partial charge in [0.2, 0.25) is 0 Å². The van der Waals surface area contributed by atoms with Gasteiger partial charge in [-0.3, -0.25) is 9.52 Å². The van der Waals surface area contributed by atoms with Gasteiger partial charge in [0.1, 0.15) is 0 Å². The summed E-state index contributed by atoms with van der Waals surface area (Å²) in [5.74, 6) is -0.853. The van der Waals surface area contributed by atoms with Crippen molar-refractivity contribution in [2.24, 2.45) is 0 Å². The lowest BCUT2D eigenvalue weighted by molar-refractivity contribution is -0.136. The average Bonchev–Trinajstić information content (AvgIpc) is 2.35. The Morgan fingerprint density at radius 3 is 2.42 bits per heavy atom.